The number of hydrogen-bond donors (Lipinski definition) is 0. The summed E-state index contributed by atoms with van der Waals surface area (Å²) in [5, 5.41) is 2.41. The first-order chi connectivity index (χ1) is 21.6. The van der Waals surface area contributed by atoms with Gasteiger partial charge < -0.3 is 18.9 Å². The van der Waals surface area contributed by atoms with E-state index in [0.717, 1.165) is 30.4 Å². The summed E-state index contributed by atoms with van der Waals surface area (Å²) in [6.07, 6.45) is 6.27. The molecule has 4 aromatic carbocycles. The van der Waals surface area contributed by atoms with Gasteiger partial charge in [0, 0.05) is 30.1 Å². The molecule has 6 atom stereocenters. The molecule has 2 unspecified atom stereocenters. The summed E-state index contributed by atoms with van der Waals surface area (Å²) in [6.45, 7) is 2.24. The fraction of sp³-hybridized carbons (Fsp3) is 0.405. The van der Waals surface area contributed by atoms with E-state index in [2.05, 4.69) is 66.7 Å². The highest BCUT2D eigenvalue weighted by Gasteiger charge is 2.41. The van der Waals surface area contributed by atoms with Crippen molar-refractivity contribution in [2.75, 3.05) is 19.1 Å². The molecule has 234 valence electrons. The summed E-state index contributed by atoms with van der Waals surface area (Å²) >= 11 is 1.63. The predicted molar refractivity (Wildman–Crippen MR) is 182 cm³/mol. The molecule has 0 aromatic heterocycles. The quantitative estimate of drug-likeness (QED) is 0.117. The van der Waals surface area contributed by atoms with Crippen LogP contribution >= 0.6 is 11.8 Å². The van der Waals surface area contributed by atoms with Gasteiger partial charge in [0.05, 0.1) is 42.7 Å². The van der Waals surface area contributed by atoms with Gasteiger partial charge in [-0.15, -0.1) is 11.8 Å². The summed E-state index contributed by atoms with van der Waals surface area (Å²) in [5.74, 6) is 0. The Kier molecular flexibility index (Phi) is 12.9. The van der Waals surface area contributed by atoms with Crippen molar-refractivity contribution in [2.24, 2.45) is 0 Å². The molecular weight excluding hydrogens is 589 g/mol. The third-order valence-electron chi connectivity index (χ3n) is 8.14. The average molecular weight is 633 g/mol. The molecule has 1 aliphatic rings. The van der Waals surface area contributed by atoms with Crippen molar-refractivity contribution < 1.29 is 23.2 Å². The van der Waals surface area contributed by atoms with Gasteiger partial charge in [0.25, 0.3) is 0 Å². The van der Waals surface area contributed by atoms with Crippen LogP contribution in [0.15, 0.2) is 103 Å². The molecule has 0 radical (unpaired) electrons. The second-order valence-corrected chi connectivity index (χ2v) is 14.3. The van der Waals surface area contributed by atoms with Gasteiger partial charge in [-0.25, -0.2) is 0 Å². The fourth-order valence-electron chi connectivity index (χ4n) is 5.80. The maximum Gasteiger partial charge on any atom is 0.110 e. The van der Waals surface area contributed by atoms with Crippen molar-refractivity contribution in [1.29, 1.82) is 0 Å². The molecule has 0 N–H and O–H groups in total. The molecule has 1 fully saturated rings. The van der Waals surface area contributed by atoms with Gasteiger partial charge in [0.1, 0.15) is 6.10 Å². The Bertz CT molecular complexity index is 1430. The van der Waals surface area contributed by atoms with Crippen molar-refractivity contribution in [3.8, 4) is 0 Å². The Hall–Kier alpha value is -2.52. The van der Waals surface area contributed by atoms with Gasteiger partial charge in [0.15, 0.2) is 0 Å². The third-order valence-corrected chi connectivity index (χ3v) is 11.2. The van der Waals surface area contributed by atoms with E-state index in [1.807, 2.05) is 42.7 Å². The number of thioether (sulfide) groups is 1. The topological polar surface area (TPSA) is 54.0 Å². The normalized spacial score (nSPS) is 21.7. The first-order valence-electron chi connectivity index (χ1n) is 15.5. The molecule has 0 aliphatic carbocycles. The second kappa shape index (κ2) is 17.2. The van der Waals surface area contributed by atoms with Gasteiger partial charge in [-0.1, -0.05) is 97.1 Å². The number of rotatable bonds is 16. The minimum Gasteiger partial charge on any atom is -0.377 e. The highest BCUT2D eigenvalue weighted by Crippen LogP contribution is 2.33. The highest BCUT2D eigenvalue weighted by atomic mass is 32.2. The molecule has 0 bridgehead atoms. The van der Waals surface area contributed by atoms with Crippen LogP contribution < -0.4 is 0 Å². The smallest absolute Gasteiger partial charge is 0.110 e. The maximum absolute atomic E-state index is 12.6. The van der Waals surface area contributed by atoms with Crippen LogP contribution in [0.2, 0.25) is 0 Å². The van der Waals surface area contributed by atoms with Gasteiger partial charge in [-0.3, -0.25) is 4.21 Å². The van der Waals surface area contributed by atoms with Crippen LogP contribution in [0.4, 0.5) is 0 Å². The summed E-state index contributed by atoms with van der Waals surface area (Å²) in [4.78, 5) is 0. The van der Waals surface area contributed by atoms with Crippen LogP contribution in [0.25, 0.3) is 10.8 Å². The van der Waals surface area contributed by atoms with Crippen LogP contribution in [0.3, 0.4) is 0 Å². The van der Waals surface area contributed by atoms with Crippen LogP contribution in [-0.4, -0.2) is 52.3 Å². The molecular formula is C37H44O5S2. The van der Waals surface area contributed by atoms with E-state index in [4.69, 9.17) is 18.9 Å². The lowest BCUT2D eigenvalue weighted by atomic mass is 9.93. The molecule has 1 aliphatic heterocycles. The summed E-state index contributed by atoms with van der Waals surface area (Å²) in [5.41, 5.74) is 3.42. The minimum absolute atomic E-state index is 0.00872. The van der Waals surface area contributed by atoms with E-state index in [9.17, 15) is 4.21 Å². The first kappa shape index (κ1) is 32.9. The molecule has 5 rings (SSSR count). The van der Waals surface area contributed by atoms with Gasteiger partial charge in [-0.05, 0) is 59.0 Å². The van der Waals surface area contributed by atoms with Crippen molar-refractivity contribution in [1.82, 2.24) is 0 Å². The molecule has 44 heavy (non-hydrogen) atoms. The monoisotopic (exact) mass is 632 g/mol. The second-order valence-electron chi connectivity index (χ2n) is 11.4. The number of ether oxygens (including phenoxy) is 4. The van der Waals surface area contributed by atoms with Crippen molar-refractivity contribution >= 4 is 33.3 Å². The van der Waals surface area contributed by atoms with Crippen molar-refractivity contribution in [2.45, 2.75) is 74.5 Å². The number of fused-ring (bicyclic) bond motifs is 1. The van der Waals surface area contributed by atoms with Gasteiger partial charge in [-0.2, -0.15) is 0 Å². The van der Waals surface area contributed by atoms with Gasteiger partial charge in [0.2, 0.25) is 0 Å². The maximum atomic E-state index is 12.6. The Labute approximate surface area is 269 Å². The largest absolute Gasteiger partial charge is 0.377 e. The van der Waals surface area contributed by atoms with E-state index in [0.29, 0.717) is 32.8 Å². The summed E-state index contributed by atoms with van der Waals surface area (Å²) in [6, 6.07) is 35.4. The number of hydrogen-bond acceptors (Lipinski definition) is 6. The molecule has 0 amide bonds. The Balaban J connectivity index is 1.29. The van der Waals surface area contributed by atoms with E-state index in [-0.39, 0.29) is 29.0 Å². The molecule has 4 aromatic rings. The number of benzene rings is 4. The zero-order chi connectivity index (χ0) is 30.6. The van der Waals surface area contributed by atoms with Crippen LogP contribution in [0, 0.1) is 0 Å². The molecule has 0 spiro atoms. The fourth-order valence-corrected chi connectivity index (χ4v) is 7.73. The molecule has 1 saturated heterocycles. The lowest BCUT2D eigenvalue weighted by molar-refractivity contribution is -0.209. The van der Waals surface area contributed by atoms with E-state index < -0.39 is 10.8 Å². The van der Waals surface area contributed by atoms with Crippen LogP contribution in [0.5, 0.6) is 0 Å². The lowest BCUT2D eigenvalue weighted by Crippen LogP contribution is -2.51. The standard InChI is InChI=1S/C37H44O5S2/c1-43-36(44(2)38)24-35-37(41-27-30-19-20-31-16-9-10-17-32(31)22-30)34(40-26-29-14-7-4-8-15-29)23-33(42-35)18-11-21-39-25-28-12-5-3-6-13-28/h3-10,12-17,19-20,22,33-37H,11,18,21,23-27H2,1-2H3/t33-,34+,35-,36?,37+,44?/m1/s1. The summed E-state index contributed by atoms with van der Waals surface area (Å²) < 4.78 is 38.7. The Morgan fingerprint density at radius 1 is 0.818 bits per heavy atom. The average Bonchev–Trinajstić information content (AvgIpc) is 3.06. The Morgan fingerprint density at radius 2 is 1.48 bits per heavy atom. The van der Waals surface area contributed by atoms with Crippen molar-refractivity contribution in [3.63, 3.8) is 0 Å². The zero-order valence-electron chi connectivity index (χ0n) is 25.7. The zero-order valence-corrected chi connectivity index (χ0v) is 27.3. The summed E-state index contributed by atoms with van der Waals surface area (Å²) in [7, 11) is -0.991. The van der Waals surface area contributed by atoms with E-state index >= 15 is 0 Å². The molecule has 5 nitrogen and oxygen atoms in total. The third kappa shape index (κ3) is 9.74. The van der Waals surface area contributed by atoms with Crippen molar-refractivity contribution in [3.05, 3.63) is 120 Å². The SMILES string of the molecule is CSC(C[C@H]1O[C@H](CCCOCc2ccccc2)C[C@H](OCc2ccccc2)[C@@H]1OCc1ccc2ccccc2c1)S(C)=O. The van der Waals surface area contributed by atoms with E-state index in [1.54, 1.807) is 18.0 Å². The molecule has 0 saturated carbocycles. The lowest BCUT2D eigenvalue weighted by Gasteiger charge is -2.42. The molecule has 1 heterocycles. The molecule has 7 heteroatoms. The van der Waals surface area contributed by atoms with E-state index in [1.165, 1.54) is 16.3 Å². The Morgan fingerprint density at radius 3 is 2.18 bits per heavy atom. The predicted octanol–water partition coefficient (Wildman–Crippen LogP) is 7.92. The van der Waals surface area contributed by atoms with Crippen LogP contribution in [0.1, 0.15) is 42.4 Å². The van der Waals surface area contributed by atoms with Crippen LogP contribution in [-0.2, 0) is 49.6 Å². The first-order valence-corrected chi connectivity index (χ1v) is 18.4. The van der Waals surface area contributed by atoms with Gasteiger partial charge >= 0.3 is 0 Å². The highest BCUT2D eigenvalue weighted by molar-refractivity contribution is 8.10. The minimum atomic E-state index is -0.991.